The third kappa shape index (κ3) is 3.11. The number of sulfone groups is 1. The van der Waals surface area contributed by atoms with Gasteiger partial charge in [-0.1, -0.05) is 6.92 Å². The van der Waals surface area contributed by atoms with E-state index in [0.717, 1.165) is 24.4 Å². The Hall–Kier alpha value is -1.80. The van der Waals surface area contributed by atoms with Gasteiger partial charge in [-0.15, -0.1) is 0 Å². The lowest BCUT2D eigenvalue weighted by Crippen LogP contribution is -2.68. The lowest BCUT2D eigenvalue weighted by molar-refractivity contribution is -0.138. The summed E-state index contributed by atoms with van der Waals surface area (Å²) >= 11 is 0. The molecule has 160 valence electrons. The summed E-state index contributed by atoms with van der Waals surface area (Å²) in [6.07, 6.45) is 1.09. The van der Waals surface area contributed by atoms with Crippen molar-refractivity contribution in [1.29, 1.82) is 0 Å². The third-order valence-corrected chi connectivity index (χ3v) is 9.23. The van der Waals surface area contributed by atoms with E-state index in [1.807, 2.05) is 24.0 Å². The van der Waals surface area contributed by atoms with Crippen LogP contribution >= 0.6 is 0 Å². The van der Waals surface area contributed by atoms with Crippen LogP contribution in [0.3, 0.4) is 0 Å². The number of anilines is 1. The Kier molecular flexibility index (Phi) is 5.06. The highest BCUT2D eigenvalue weighted by Crippen LogP contribution is 2.61. The Morgan fingerprint density at radius 1 is 1.31 bits per heavy atom. The minimum atomic E-state index is -3.52. The molecule has 4 bridgehead atoms. The highest BCUT2D eigenvalue weighted by atomic mass is 32.2. The summed E-state index contributed by atoms with van der Waals surface area (Å²) in [4.78, 5) is 17.4. The topological polar surface area (TPSA) is 92.9 Å². The van der Waals surface area contributed by atoms with E-state index < -0.39 is 15.1 Å². The molecular formula is C21H31N3O4S. The molecule has 29 heavy (non-hydrogen) atoms. The number of carbonyl (C=O) groups excluding carboxylic acids is 1. The smallest absolute Gasteiger partial charge is 0.240 e. The molecule has 2 N–H and O–H groups in total. The van der Waals surface area contributed by atoms with Gasteiger partial charge in [-0.3, -0.25) is 4.79 Å². The van der Waals surface area contributed by atoms with E-state index in [0.29, 0.717) is 19.1 Å². The van der Waals surface area contributed by atoms with Crippen molar-refractivity contribution >= 4 is 21.4 Å². The number of hydrogen-bond acceptors (Lipinski definition) is 6. The number of fused-ring (bicyclic) bond motifs is 1. The molecule has 8 heteroatoms. The summed E-state index contributed by atoms with van der Waals surface area (Å²) in [5.41, 5.74) is 6.57. The first-order chi connectivity index (χ1) is 13.7. The molecule has 1 aromatic rings. The number of carbonyl (C=O) groups is 1. The van der Waals surface area contributed by atoms with Crippen LogP contribution in [0, 0.1) is 11.3 Å². The maximum Gasteiger partial charge on any atom is 0.240 e. The molecule has 3 unspecified atom stereocenters. The number of hydrogen-bond donors (Lipinski definition) is 1. The van der Waals surface area contributed by atoms with Crippen LogP contribution < -0.4 is 15.4 Å². The molecule has 1 saturated carbocycles. The molecule has 5 atom stereocenters. The van der Waals surface area contributed by atoms with E-state index in [4.69, 9.17) is 10.5 Å². The van der Waals surface area contributed by atoms with Crippen molar-refractivity contribution in [2.75, 3.05) is 36.9 Å². The zero-order chi connectivity index (χ0) is 21.0. The maximum absolute atomic E-state index is 13.1. The van der Waals surface area contributed by atoms with Crippen molar-refractivity contribution in [2.24, 2.45) is 17.1 Å². The lowest BCUT2D eigenvalue weighted by atomic mass is 9.54. The Bertz CT molecular complexity index is 888. The van der Waals surface area contributed by atoms with Gasteiger partial charge < -0.3 is 20.3 Å². The molecule has 3 saturated heterocycles. The average molecular weight is 422 g/mol. The minimum Gasteiger partial charge on any atom is -0.494 e. The molecule has 0 spiro atoms. The second-order valence-electron chi connectivity index (χ2n) is 8.80. The number of piperidine rings is 2. The molecule has 7 nitrogen and oxygen atoms in total. The molecule has 1 aliphatic carbocycles. The van der Waals surface area contributed by atoms with Crippen molar-refractivity contribution in [2.45, 2.75) is 44.5 Å². The van der Waals surface area contributed by atoms with E-state index in [-0.39, 0.29) is 35.7 Å². The SMILES string of the molecule is CCOc1ccc(N2C[C@@H]3CC4(C)C3N(C(=O)C(C)S(=O)(=O)CCN)C[C@@H]24)cc1. The fourth-order valence-corrected chi connectivity index (χ4v) is 6.89. The fourth-order valence-electron chi connectivity index (χ4n) is 5.77. The van der Waals surface area contributed by atoms with Gasteiger partial charge in [0.15, 0.2) is 9.84 Å². The Morgan fingerprint density at radius 2 is 2.00 bits per heavy atom. The van der Waals surface area contributed by atoms with Crippen LogP contribution in [0.4, 0.5) is 5.69 Å². The average Bonchev–Trinajstić information content (AvgIpc) is 2.81. The largest absolute Gasteiger partial charge is 0.494 e. The van der Waals surface area contributed by atoms with Gasteiger partial charge in [-0.05, 0) is 50.5 Å². The molecular weight excluding hydrogens is 390 g/mol. The zero-order valence-corrected chi connectivity index (χ0v) is 18.2. The predicted molar refractivity (Wildman–Crippen MR) is 113 cm³/mol. The zero-order valence-electron chi connectivity index (χ0n) is 17.4. The second-order valence-corrected chi connectivity index (χ2v) is 11.2. The van der Waals surface area contributed by atoms with Crippen LogP contribution in [-0.2, 0) is 14.6 Å². The van der Waals surface area contributed by atoms with E-state index >= 15 is 0 Å². The van der Waals surface area contributed by atoms with Gasteiger partial charge in [0.25, 0.3) is 0 Å². The van der Waals surface area contributed by atoms with Gasteiger partial charge in [-0.25, -0.2) is 8.42 Å². The van der Waals surface area contributed by atoms with E-state index in [9.17, 15) is 13.2 Å². The summed E-state index contributed by atoms with van der Waals surface area (Å²) in [6, 6.07) is 8.45. The van der Waals surface area contributed by atoms with E-state index in [1.165, 1.54) is 6.92 Å². The summed E-state index contributed by atoms with van der Waals surface area (Å²) in [5.74, 6) is 0.805. The van der Waals surface area contributed by atoms with Crippen molar-refractivity contribution in [3.63, 3.8) is 0 Å². The summed E-state index contributed by atoms with van der Waals surface area (Å²) < 4.78 is 30.4. The number of benzene rings is 1. The van der Waals surface area contributed by atoms with Gasteiger partial charge in [0, 0.05) is 36.8 Å². The van der Waals surface area contributed by atoms with Crippen LogP contribution in [0.25, 0.3) is 0 Å². The van der Waals surface area contributed by atoms with Gasteiger partial charge in [0.1, 0.15) is 11.0 Å². The Morgan fingerprint density at radius 3 is 2.62 bits per heavy atom. The molecule has 3 heterocycles. The highest BCUT2D eigenvalue weighted by Gasteiger charge is 2.68. The van der Waals surface area contributed by atoms with Crippen LogP contribution in [0.15, 0.2) is 24.3 Å². The maximum atomic E-state index is 13.1. The number of rotatable bonds is 7. The number of nitrogens with two attached hydrogens (primary N) is 1. The molecule has 1 amide bonds. The second kappa shape index (κ2) is 7.16. The fraction of sp³-hybridized carbons (Fsp3) is 0.667. The number of amides is 1. The minimum absolute atomic E-state index is 0.00845. The van der Waals surface area contributed by atoms with Crippen LogP contribution in [0.1, 0.15) is 27.2 Å². The van der Waals surface area contributed by atoms with Crippen molar-refractivity contribution in [3.8, 4) is 5.75 Å². The standard InChI is InChI=1S/C21H31N3O4S/c1-4-28-17-7-5-16(6-8-17)23-12-15-11-21(3)18(23)13-24(19(15)21)20(25)14(2)29(26,27)10-9-22/h5-8,14-15,18-19H,4,9-13,22H2,1-3H3/t14?,15-,18+,19?,21?/m0/s1. The normalized spacial score (nSPS) is 31.4. The van der Waals surface area contributed by atoms with E-state index in [2.05, 4.69) is 24.0 Å². The van der Waals surface area contributed by atoms with Crippen LogP contribution in [-0.4, -0.2) is 68.6 Å². The quantitative estimate of drug-likeness (QED) is 0.713. The van der Waals surface area contributed by atoms with Gasteiger partial charge in [0.05, 0.1) is 18.4 Å². The van der Waals surface area contributed by atoms with E-state index in [1.54, 1.807) is 0 Å². The van der Waals surface area contributed by atoms with Gasteiger partial charge in [0.2, 0.25) is 5.91 Å². The summed E-state index contributed by atoms with van der Waals surface area (Å²) in [5, 5.41) is -1.03. The van der Waals surface area contributed by atoms with Crippen molar-refractivity contribution in [3.05, 3.63) is 24.3 Å². The molecule has 0 aromatic heterocycles. The highest BCUT2D eigenvalue weighted by molar-refractivity contribution is 7.92. The Balaban J connectivity index is 1.56. The number of likely N-dealkylation sites (tertiary alicyclic amines) is 1. The number of ether oxygens (including phenoxy) is 1. The molecule has 0 radical (unpaired) electrons. The van der Waals surface area contributed by atoms with Gasteiger partial charge >= 0.3 is 0 Å². The molecule has 4 aliphatic rings. The molecule has 3 aliphatic heterocycles. The molecule has 5 rings (SSSR count). The van der Waals surface area contributed by atoms with Crippen molar-refractivity contribution in [1.82, 2.24) is 4.90 Å². The molecule has 1 aromatic carbocycles. The monoisotopic (exact) mass is 421 g/mol. The molecule has 4 fully saturated rings. The summed E-state index contributed by atoms with van der Waals surface area (Å²) in [7, 11) is -3.52. The number of nitrogens with zero attached hydrogens (tertiary/aromatic N) is 2. The first-order valence-electron chi connectivity index (χ1n) is 10.4. The summed E-state index contributed by atoms with van der Waals surface area (Å²) in [6.45, 7) is 7.86. The first kappa shape index (κ1) is 20.5. The predicted octanol–water partition coefficient (Wildman–Crippen LogP) is 1.27. The first-order valence-corrected chi connectivity index (χ1v) is 12.2. The lowest BCUT2D eigenvalue weighted by Gasteiger charge is -2.61. The van der Waals surface area contributed by atoms with Crippen LogP contribution in [0.5, 0.6) is 5.75 Å². The van der Waals surface area contributed by atoms with Crippen molar-refractivity contribution < 1.29 is 17.9 Å². The van der Waals surface area contributed by atoms with Gasteiger partial charge in [-0.2, -0.15) is 0 Å². The Labute approximate surface area is 173 Å². The third-order valence-electron chi connectivity index (χ3n) is 7.15. The van der Waals surface area contributed by atoms with Crippen LogP contribution in [0.2, 0.25) is 0 Å².